The van der Waals surface area contributed by atoms with E-state index in [0.29, 0.717) is 5.56 Å². The number of ketones is 1. The topological polar surface area (TPSA) is 113 Å². The first-order valence-corrected chi connectivity index (χ1v) is 13.1. The molecule has 8 nitrogen and oxygen atoms in total. The first-order valence-electron chi connectivity index (χ1n) is 9.56. The lowest BCUT2D eigenvalue weighted by Gasteiger charge is -2.25. The van der Waals surface area contributed by atoms with Crippen LogP contribution < -0.4 is 0 Å². The molecule has 0 amide bonds. The minimum absolute atomic E-state index is 0.0551. The van der Waals surface area contributed by atoms with E-state index in [0.717, 1.165) is 6.26 Å². The molecule has 0 aromatic heterocycles. The van der Waals surface area contributed by atoms with Crippen LogP contribution in [0, 0.1) is 0 Å². The minimum Gasteiger partial charge on any atom is -0.456 e. The molecule has 0 bridgehead atoms. The normalized spacial score (nSPS) is 12.9. The van der Waals surface area contributed by atoms with Crippen LogP contribution in [-0.4, -0.2) is 46.2 Å². The molecule has 0 aliphatic carbocycles. The molecule has 0 radical (unpaired) electrons. The summed E-state index contributed by atoms with van der Waals surface area (Å²) in [4.78, 5) is 25.4. The summed E-state index contributed by atoms with van der Waals surface area (Å²) in [5, 5.41) is 0. The molecule has 0 N–H and O–H groups in total. The van der Waals surface area contributed by atoms with E-state index in [1.54, 1.807) is 44.2 Å². The fourth-order valence-electron chi connectivity index (χ4n) is 2.82. The Kier molecular flexibility index (Phi) is 8.70. The molecule has 0 heterocycles. The maximum atomic E-state index is 13.3. The summed E-state index contributed by atoms with van der Waals surface area (Å²) in [6, 6.07) is 13.6. The van der Waals surface area contributed by atoms with E-state index in [9.17, 15) is 22.6 Å². The van der Waals surface area contributed by atoms with Gasteiger partial charge in [0, 0.05) is 11.8 Å². The third-order valence-corrected chi connectivity index (χ3v) is 7.73. The highest BCUT2D eigenvalue weighted by atomic mass is 32.2. The van der Waals surface area contributed by atoms with Gasteiger partial charge in [-0.3, -0.25) is 14.2 Å². The van der Waals surface area contributed by atoms with Crippen LogP contribution in [0.3, 0.4) is 0 Å². The molecule has 0 aliphatic heterocycles. The van der Waals surface area contributed by atoms with Crippen LogP contribution in [0.2, 0.25) is 0 Å². The lowest BCUT2D eigenvalue weighted by molar-refractivity contribution is -0.142. The highest BCUT2D eigenvalue weighted by molar-refractivity contribution is 7.90. The second kappa shape index (κ2) is 10.8. The predicted octanol–water partition coefficient (Wildman–Crippen LogP) is 3.82. The van der Waals surface area contributed by atoms with Crippen molar-refractivity contribution in [3.63, 3.8) is 0 Å². The SMILES string of the molecule is CCOP(=O)(OCC)C(C(=O)OCC(=O)c1ccc(S(C)(=O)=O)cc1)c1ccccc1. The molecule has 10 heteroatoms. The average Bonchev–Trinajstić information content (AvgIpc) is 2.72. The minimum atomic E-state index is -3.92. The molecule has 0 aliphatic rings. The number of rotatable bonds is 11. The molecule has 168 valence electrons. The molecule has 0 saturated heterocycles. The van der Waals surface area contributed by atoms with Crippen molar-refractivity contribution in [1.82, 2.24) is 0 Å². The summed E-state index contributed by atoms with van der Waals surface area (Å²) in [5.41, 5.74) is -0.800. The molecule has 0 fully saturated rings. The molecule has 0 spiro atoms. The van der Waals surface area contributed by atoms with Gasteiger partial charge in [0.1, 0.15) is 0 Å². The zero-order valence-electron chi connectivity index (χ0n) is 17.5. The average molecular weight is 468 g/mol. The van der Waals surface area contributed by atoms with Crippen LogP contribution >= 0.6 is 7.60 Å². The smallest absolute Gasteiger partial charge is 0.349 e. The number of esters is 1. The largest absolute Gasteiger partial charge is 0.456 e. The number of carbonyl (C=O) groups is 2. The molecule has 31 heavy (non-hydrogen) atoms. The summed E-state index contributed by atoms with van der Waals surface area (Å²) in [6.07, 6.45) is 1.06. The molecule has 2 rings (SSSR count). The van der Waals surface area contributed by atoms with Crippen LogP contribution in [0.5, 0.6) is 0 Å². The summed E-state index contributed by atoms with van der Waals surface area (Å²) >= 11 is 0. The number of hydrogen-bond acceptors (Lipinski definition) is 8. The van der Waals surface area contributed by atoms with Crippen LogP contribution in [0.15, 0.2) is 59.5 Å². The second-order valence-corrected chi connectivity index (χ2v) is 10.6. The van der Waals surface area contributed by atoms with Crippen LogP contribution in [-0.2, 0) is 33.0 Å². The first-order chi connectivity index (χ1) is 14.6. The summed E-state index contributed by atoms with van der Waals surface area (Å²) < 4.78 is 52.2. The van der Waals surface area contributed by atoms with Gasteiger partial charge in [-0.2, -0.15) is 0 Å². The van der Waals surface area contributed by atoms with E-state index < -0.39 is 41.5 Å². The lowest BCUT2D eigenvalue weighted by Crippen LogP contribution is -2.22. The van der Waals surface area contributed by atoms with Gasteiger partial charge < -0.3 is 13.8 Å². The molecule has 1 atom stereocenters. The van der Waals surface area contributed by atoms with E-state index in [-0.39, 0.29) is 23.7 Å². The Morgan fingerprint density at radius 2 is 1.48 bits per heavy atom. The van der Waals surface area contributed by atoms with Crippen LogP contribution in [0.1, 0.15) is 35.4 Å². The Hall–Kier alpha value is -2.32. The number of sulfone groups is 1. The second-order valence-electron chi connectivity index (χ2n) is 6.52. The van der Waals surface area contributed by atoms with Gasteiger partial charge >= 0.3 is 13.6 Å². The van der Waals surface area contributed by atoms with Gasteiger partial charge in [-0.05, 0) is 43.7 Å². The van der Waals surface area contributed by atoms with E-state index in [2.05, 4.69) is 0 Å². The summed E-state index contributed by atoms with van der Waals surface area (Å²) in [6.45, 7) is 2.75. The number of hydrogen-bond donors (Lipinski definition) is 0. The summed E-state index contributed by atoms with van der Waals surface area (Å²) in [7, 11) is -7.31. The van der Waals surface area contributed by atoms with Gasteiger partial charge in [-0.25, -0.2) is 8.42 Å². The zero-order chi connectivity index (χ0) is 23.1. The number of carbonyl (C=O) groups excluding carboxylic acids is 2. The van der Waals surface area contributed by atoms with Crippen molar-refractivity contribution < 1.29 is 36.4 Å². The Bertz CT molecular complexity index is 1040. The molecule has 0 saturated carbocycles. The third-order valence-electron chi connectivity index (χ3n) is 4.22. The van der Waals surface area contributed by atoms with E-state index >= 15 is 0 Å². The van der Waals surface area contributed by atoms with Crippen LogP contribution in [0.4, 0.5) is 0 Å². The Morgan fingerprint density at radius 3 is 1.97 bits per heavy atom. The Labute approximate surface area is 182 Å². The molecular weight excluding hydrogens is 443 g/mol. The Balaban J connectivity index is 2.22. The van der Waals surface area contributed by atoms with Gasteiger partial charge in [0.05, 0.1) is 18.1 Å². The van der Waals surface area contributed by atoms with Crippen molar-refractivity contribution in [3.05, 3.63) is 65.7 Å². The van der Waals surface area contributed by atoms with Crippen molar-refractivity contribution >= 4 is 29.2 Å². The van der Waals surface area contributed by atoms with Crippen molar-refractivity contribution in [3.8, 4) is 0 Å². The van der Waals surface area contributed by atoms with Crippen molar-refractivity contribution in [2.24, 2.45) is 0 Å². The monoisotopic (exact) mass is 468 g/mol. The van der Waals surface area contributed by atoms with Crippen molar-refractivity contribution in [2.75, 3.05) is 26.1 Å². The zero-order valence-corrected chi connectivity index (χ0v) is 19.2. The maximum absolute atomic E-state index is 13.3. The fourth-order valence-corrected chi connectivity index (χ4v) is 5.41. The number of ether oxygens (including phenoxy) is 1. The highest BCUT2D eigenvalue weighted by Gasteiger charge is 2.43. The van der Waals surface area contributed by atoms with E-state index in [1.165, 1.54) is 24.3 Å². The molecule has 2 aromatic carbocycles. The molecule has 1 unspecified atom stereocenters. The fraction of sp³-hybridized carbons (Fsp3) is 0.333. The maximum Gasteiger partial charge on any atom is 0.349 e. The number of Topliss-reactive ketones (excluding diaryl/α,β-unsaturated/α-hetero) is 1. The predicted molar refractivity (Wildman–Crippen MR) is 115 cm³/mol. The van der Waals surface area contributed by atoms with Crippen molar-refractivity contribution in [2.45, 2.75) is 24.4 Å². The lowest BCUT2D eigenvalue weighted by atomic mass is 10.1. The Morgan fingerprint density at radius 1 is 0.935 bits per heavy atom. The van der Waals surface area contributed by atoms with E-state index in [1.807, 2.05) is 0 Å². The van der Waals surface area contributed by atoms with Crippen LogP contribution in [0.25, 0.3) is 0 Å². The van der Waals surface area contributed by atoms with Gasteiger partial charge in [-0.1, -0.05) is 30.3 Å². The van der Waals surface area contributed by atoms with Gasteiger partial charge in [0.15, 0.2) is 27.9 Å². The number of benzene rings is 2. The van der Waals surface area contributed by atoms with Gasteiger partial charge in [0.25, 0.3) is 0 Å². The highest BCUT2D eigenvalue weighted by Crippen LogP contribution is 2.61. The third kappa shape index (κ3) is 6.58. The standard InChI is InChI=1S/C21H25O8PS/c1-4-28-30(24,29-5-2)20(17-9-7-6-8-10-17)21(23)27-15-19(22)16-11-13-18(14-12-16)31(3,25)26/h6-14,20H,4-5,15H2,1-3H3. The van der Waals surface area contributed by atoms with Gasteiger partial charge in [0.2, 0.25) is 0 Å². The summed E-state index contributed by atoms with van der Waals surface area (Å²) in [5.74, 6) is -1.46. The molecular formula is C21H25O8PS. The molecule has 2 aromatic rings. The quantitative estimate of drug-likeness (QED) is 0.278. The van der Waals surface area contributed by atoms with Gasteiger partial charge in [-0.15, -0.1) is 0 Å². The van der Waals surface area contributed by atoms with E-state index in [4.69, 9.17) is 13.8 Å². The van der Waals surface area contributed by atoms with Crippen molar-refractivity contribution in [1.29, 1.82) is 0 Å². The first kappa shape index (κ1) is 24.9.